The zero-order valence-electron chi connectivity index (χ0n) is 3.50. The van der Waals surface area contributed by atoms with Gasteiger partial charge in [-0.2, -0.15) is 4.72 Å². The smallest absolute Gasteiger partial charge is 0.203 e. The van der Waals surface area contributed by atoms with Gasteiger partial charge in [-0.25, -0.2) is 8.42 Å². The first-order valence-corrected chi connectivity index (χ1v) is 2.72. The summed E-state index contributed by atoms with van der Waals surface area (Å²) in [6.45, 7) is 2.94. The van der Waals surface area contributed by atoms with Crippen molar-refractivity contribution in [3.63, 3.8) is 0 Å². The Morgan fingerprint density at radius 2 is 2.14 bits per heavy atom. The molecule has 0 saturated heterocycles. The molecule has 0 saturated carbocycles. The highest BCUT2D eigenvalue weighted by molar-refractivity contribution is 7.70. The highest BCUT2D eigenvalue weighted by Crippen LogP contribution is 1.64. The quantitative estimate of drug-likeness (QED) is 0.302. The Balaban J connectivity index is 3.32. The van der Waals surface area contributed by atoms with Crippen LogP contribution in [0.15, 0.2) is 0 Å². The van der Waals surface area contributed by atoms with Crippen molar-refractivity contribution in [2.75, 3.05) is 0 Å². The molecule has 7 heavy (non-hydrogen) atoms. The standard InChI is InChI=1S/C2H6NO3S/c1-2(4)3-7(5)6/h2,4,7H,1H2,(H,3,5,6). The van der Waals surface area contributed by atoms with E-state index in [1.807, 2.05) is 0 Å². The summed E-state index contributed by atoms with van der Waals surface area (Å²) in [6, 6.07) is 0. The van der Waals surface area contributed by atoms with Crippen LogP contribution in [0.25, 0.3) is 0 Å². The van der Waals surface area contributed by atoms with Crippen LogP contribution in [0.2, 0.25) is 0 Å². The minimum Gasteiger partial charge on any atom is -0.378 e. The lowest BCUT2D eigenvalue weighted by molar-refractivity contribution is 0.211. The van der Waals surface area contributed by atoms with Gasteiger partial charge in [0, 0.05) is 0 Å². The Hall–Kier alpha value is -0.130. The van der Waals surface area contributed by atoms with Crippen molar-refractivity contribution >= 4 is 10.9 Å². The van der Waals surface area contributed by atoms with Crippen LogP contribution in [0.5, 0.6) is 0 Å². The molecule has 0 rings (SSSR count). The fourth-order valence-electron chi connectivity index (χ4n) is 0.122. The summed E-state index contributed by atoms with van der Waals surface area (Å²) in [5.41, 5.74) is 0. The first kappa shape index (κ1) is 6.87. The van der Waals surface area contributed by atoms with Crippen LogP contribution in [-0.4, -0.2) is 19.8 Å². The summed E-state index contributed by atoms with van der Waals surface area (Å²) < 4.78 is 20.8. The molecule has 0 fully saturated rings. The van der Waals surface area contributed by atoms with Gasteiger partial charge in [-0.1, -0.05) is 0 Å². The van der Waals surface area contributed by atoms with E-state index in [1.54, 1.807) is 4.72 Å². The molecular weight excluding hydrogens is 118 g/mol. The van der Waals surface area contributed by atoms with Crippen LogP contribution in [0.1, 0.15) is 0 Å². The number of hydrogen-bond donors (Lipinski definition) is 3. The Kier molecular flexibility index (Phi) is 2.89. The molecule has 4 nitrogen and oxygen atoms in total. The van der Waals surface area contributed by atoms with Crippen molar-refractivity contribution in [3.8, 4) is 0 Å². The van der Waals surface area contributed by atoms with E-state index in [0.717, 1.165) is 0 Å². The molecule has 0 aliphatic heterocycles. The average Bonchev–Trinajstić information content (AvgIpc) is 1.27. The highest BCUT2D eigenvalue weighted by Gasteiger charge is 1.89. The molecule has 0 aliphatic rings. The third-order valence-corrected chi connectivity index (χ3v) is 0.763. The Labute approximate surface area is 43.2 Å². The second kappa shape index (κ2) is 2.95. The minimum atomic E-state index is -2.70. The summed E-state index contributed by atoms with van der Waals surface area (Å²) in [4.78, 5) is 0. The first-order chi connectivity index (χ1) is 3.13. The van der Waals surface area contributed by atoms with Gasteiger partial charge in [0.15, 0.2) is 0 Å². The molecule has 0 amide bonds. The number of hydrogen-bond acceptors (Lipinski definition) is 3. The lowest BCUT2D eigenvalue weighted by atomic mass is 10.7. The number of thiol groups is 1. The fraction of sp³-hybridized carbons (Fsp3) is 0.500. The molecule has 1 unspecified atom stereocenters. The fourth-order valence-corrected chi connectivity index (χ4v) is 0.365. The molecule has 0 aromatic carbocycles. The van der Waals surface area contributed by atoms with Crippen LogP contribution < -0.4 is 4.72 Å². The second-order valence-electron chi connectivity index (χ2n) is 0.902. The zero-order chi connectivity index (χ0) is 5.86. The van der Waals surface area contributed by atoms with Gasteiger partial charge in [0.25, 0.3) is 0 Å². The van der Waals surface area contributed by atoms with E-state index in [4.69, 9.17) is 5.11 Å². The number of nitrogens with one attached hydrogen (secondary N) is 1. The monoisotopic (exact) mass is 124 g/mol. The largest absolute Gasteiger partial charge is 0.378 e. The summed E-state index contributed by atoms with van der Waals surface area (Å²) in [5, 5.41) is 8.12. The summed E-state index contributed by atoms with van der Waals surface area (Å²) >= 11 is 0. The minimum absolute atomic E-state index is 1.22. The number of rotatable bonds is 2. The summed E-state index contributed by atoms with van der Waals surface area (Å²) in [6.07, 6.45) is -1.22. The van der Waals surface area contributed by atoms with Gasteiger partial charge in [-0.15, -0.1) is 0 Å². The zero-order valence-corrected chi connectivity index (χ0v) is 4.39. The van der Waals surface area contributed by atoms with Crippen molar-refractivity contribution in [2.45, 2.75) is 6.23 Å². The Bertz CT molecular complexity index is 99.5. The van der Waals surface area contributed by atoms with Crippen molar-refractivity contribution < 1.29 is 13.5 Å². The van der Waals surface area contributed by atoms with Crippen LogP contribution in [0.4, 0.5) is 0 Å². The van der Waals surface area contributed by atoms with Gasteiger partial charge < -0.3 is 5.11 Å². The number of aliphatic hydroxyl groups is 1. The second-order valence-corrected chi connectivity index (χ2v) is 1.67. The van der Waals surface area contributed by atoms with Gasteiger partial charge in [0.05, 0.1) is 0 Å². The molecule has 0 spiro atoms. The topological polar surface area (TPSA) is 66.4 Å². The predicted molar refractivity (Wildman–Crippen MR) is 24.8 cm³/mol. The first-order valence-electron chi connectivity index (χ1n) is 1.54. The van der Waals surface area contributed by atoms with Crippen LogP contribution >= 0.6 is 0 Å². The highest BCUT2D eigenvalue weighted by atomic mass is 32.2. The van der Waals surface area contributed by atoms with E-state index in [0.29, 0.717) is 0 Å². The van der Waals surface area contributed by atoms with Crippen molar-refractivity contribution in [1.82, 2.24) is 4.72 Å². The van der Waals surface area contributed by atoms with Crippen LogP contribution in [0, 0.1) is 6.92 Å². The van der Waals surface area contributed by atoms with Crippen LogP contribution in [0.3, 0.4) is 0 Å². The molecule has 5 heteroatoms. The molecular formula is C2H6NO3S. The third kappa shape index (κ3) is 5.87. The van der Waals surface area contributed by atoms with Gasteiger partial charge in [0.2, 0.25) is 10.9 Å². The predicted octanol–water partition coefficient (Wildman–Crippen LogP) is -1.75. The number of aliphatic hydroxyl groups excluding tert-OH is 1. The SMILES string of the molecule is [CH2]C(O)N[SH](=O)=O. The molecule has 0 bridgehead atoms. The average molecular weight is 124 g/mol. The molecule has 43 valence electrons. The lowest BCUT2D eigenvalue weighted by Crippen LogP contribution is -2.23. The summed E-state index contributed by atoms with van der Waals surface area (Å²) in [7, 11) is -2.70. The third-order valence-electron chi connectivity index (χ3n) is 0.254. The molecule has 0 aromatic heterocycles. The lowest BCUT2D eigenvalue weighted by Gasteiger charge is -1.94. The Morgan fingerprint density at radius 1 is 1.71 bits per heavy atom. The molecule has 2 N–H and O–H groups in total. The van der Waals surface area contributed by atoms with Crippen molar-refractivity contribution in [2.24, 2.45) is 0 Å². The van der Waals surface area contributed by atoms with Crippen LogP contribution in [-0.2, 0) is 10.9 Å². The molecule has 0 aliphatic carbocycles. The van der Waals surface area contributed by atoms with E-state index in [1.165, 1.54) is 0 Å². The molecule has 0 aromatic rings. The Morgan fingerprint density at radius 3 is 2.14 bits per heavy atom. The van der Waals surface area contributed by atoms with E-state index in [9.17, 15) is 8.42 Å². The maximum Gasteiger partial charge on any atom is 0.203 e. The molecule has 1 radical (unpaired) electrons. The summed E-state index contributed by atoms with van der Waals surface area (Å²) in [5.74, 6) is 0. The van der Waals surface area contributed by atoms with E-state index in [2.05, 4.69) is 6.92 Å². The van der Waals surface area contributed by atoms with Crippen molar-refractivity contribution in [1.29, 1.82) is 0 Å². The maximum absolute atomic E-state index is 9.54. The normalized spacial score (nSPS) is 14.7. The molecule has 1 atom stereocenters. The van der Waals surface area contributed by atoms with Crippen molar-refractivity contribution in [3.05, 3.63) is 6.92 Å². The van der Waals surface area contributed by atoms with Gasteiger partial charge in [-0.3, -0.25) is 0 Å². The van der Waals surface area contributed by atoms with Gasteiger partial charge in [-0.05, 0) is 6.92 Å². The van der Waals surface area contributed by atoms with E-state index < -0.39 is 17.1 Å². The molecule has 0 heterocycles. The van der Waals surface area contributed by atoms with E-state index >= 15 is 0 Å². The van der Waals surface area contributed by atoms with Gasteiger partial charge >= 0.3 is 0 Å². The maximum atomic E-state index is 9.54. The van der Waals surface area contributed by atoms with Gasteiger partial charge in [0.1, 0.15) is 6.23 Å². The van der Waals surface area contributed by atoms with E-state index in [-0.39, 0.29) is 0 Å².